The molecule has 0 spiro atoms. The first-order valence-electron chi connectivity index (χ1n) is 7.93. The highest BCUT2D eigenvalue weighted by atomic mass is 35.5. The van der Waals surface area contributed by atoms with Crippen molar-refractivity contribution in [3.8, 4) is 11.8 Å². The smallest absolute Gasteiger partial charge is 0.141 e. The molecule has 5 heteroatoms. The highest BCUT2D eigenvalue weighted by molar-refractivity contribution is 6.30. The Kier molecular flexibility index (Phi) is 4.92. The van der Waals surface area contributed by atoms with Crippen LogP contribution in [0.2, 0.25) is 5.02 Å². The third kappa shape index (κ3) is 3.26. The largest absolute Gasteiger partial charge is 0.318 e. The molecule has 0 fully saturated rings. The fraction of sp³-hybridized carbons (Fsp3) is 0.0952. The molecule has 26 heavy (non-hydrogen) atoms. The van der Waals surface area contributed by atoms with Gasteiger partial charge in [0.15, 0.2) is 0 Å². The minimum atomic E-state index is -0.482. The third-order valence-electron chi connectivity index (χ3n) is 4.22. The number of allylic oxidation sites excluding steroid dienone is 1. The van der Waals surface area contributed by atoms with Crippen LogP contribution in [0.15, 0.2) is 48.5 Å². The number of hydrogen-bond donors (Lipinski definition) is 0. The van der Waals surface area contributed by atoms with Gasteiger partial charge in [-0.3, -0.25) is 0 Å². The minimum Gasteiger partial charge on any atom is -0.318 e. The van der Waals surface area contributed by atoms with Crippen molar-refractivity contribution in [1.29, 1.82) is 5.26 Å². The fourth-order valence-electron chi connectivity index (χ4n) is 2.96. The summed E-state index contributed by atoms with van der Waals surface area (Å²) >= 11 is 5.89. The molecule has 0 radical (unpaired) electrons. The Bertz CT molecular complexity index is 1060. The second-order valence-electron chi connectivity index (χ2n) is 5.91. The van der Waals surface area contributed by atoms with E-state index in [1.54, 1.807) is 36.4 Å². The first-order chi connectivity index (χ1) is 12.4. The van der Waals surface area contributed by atoms with E-state index in [-0.39, 0.29) is 16.2 Å². The maximum Gasteiger partial charge on any atom is 0.141 e. The summed E-state index contributed by atoms with van der Waals surface area (Å²) < 4.78 is 29.4. The number of aromatic nitrogens is 1. The van der Waals surface area contributed by atoms with Crippen molar-refractivity contribution in [2.45, 2.75) is 13.8 Å². The van der Waals surface area contributed by atoms with Gasteiger partial charge in [-0.05, 0) is 55.8 Å². The molecule has 3 rings (SSSR count). The zero-order chi connectivity index (χ0) is 18.8. The van der Waals surface area contributed by atoms with Crippen LogP contribution < -0.4 is 0 Å². The van der Waals surface area contributed by atoms with Crippen LogP contribution in [0.3, 0.4) is 0 Å². The Morgan fingerprint density at radius 2 is 1.81 bits per heavy atom. The second kappa shape index (κ2) is 7.15. The minimum absolute atomic E-state index is 0.0381. The highest BCUT2D eigenvalue weighted by Crippen LogP contribution is 2.28. The molecule has 0 N–H and O–H groups in total. The summed E-state index contributed by atoms with van der Waals surface area (Å²) in [6, 6.07) is 14.6. The van der Waals surface area contributed by atoms with Crippen LogP contribution in [-0.4, -0.2) is 4.57 Å². The van der Waals surface area contributed by atoms with Crippen LogP contribution in [0.4, 0.5) is 8.78 Å². The van der Waals surface area contributed by atoms with Crippen LogP contribution in [0.25, 0.3) is 17.3 Å². The molecule has 0 amide bonds. The zero-order valence-corrected chi connectivity index (χ0v) is 15.0. The SMILES string of the molecule is Cc1cc(/C=C(/C#N)c2ccccc2F)c(C)n1-c1ccc(F)c(Cl)c1. The lowest BCUT2D eigenvalue weighted by Crippen LogP contribution is -1.99. The van der Waals surface area contributed by atoms with Crippen LogP contribution >= 0.6 is 11.6 Å². The van der Waals surface area contributed by atoms with Gasteiger partial charge in [0.1, 0.15) is 11.6 Å². The van der Waals surface area contributed by atoms with Crippen LogP contribution in [0.1, 0.15) is 22.5 Å². The van der Waals surface area contributed by atoms with E-state index in [9.17, 15) is 14.0 Å². The lowest BCUT2D eigenvalue weighted by Gasteiger charge is -2.10. The Balaban J connectivity index is 2.12. The van der Waals surface area contributed by atoms with Crippen molar-refractivity contribution in [3.05, 3.63) is 87.7 Å². The van der Waals surface area contributed by atoms with Gasteiger partial charge in [0.25, 0.3) is 0 Å². The molecule has 0 unspecified atom stereocenters. The lowest BCUT2D eigenvalue weighted by molar-refractivity contribution is 0.624. The number of aryl methyl sites for hydroxylation is 1. The van der Waals surface area contributed by atoms with E-state index in [0.29, 0.717) is 0 Å². The number of halogens is 3. The summed E-state index contributed by atoms with van der Waals surface area (Å²) in [6.45, 7) is 3.78. The van der Waals surface area contributed by atoms with Crippen LogP contribution in [0, 0.1) is 36.8 Å². The molecular weight excluding hydrogens is 354 g/mol. The molecule has 0 saturated carbocycles. The van der Waals surface area contributed by atoms with Gasteiger partial charge in [0, 0.05) is 22.6 Å². The van der Waals surface area contributed by atoms with Gasteiger partial charge in [0.05, 0.1) is 16.7 Å². The van der Waals surface area contributed by atoms with E-state index in [1.807, 2.05) is 24.5 Å². The summed E-state index contributed by atoms with van der Waals surface area (Å²) in [5.74, 6) is -0.927. The maximum atomic E-state index is 14.0. The van der Waals surface area contributed by atoms with E-state index >= 15 is 0 Å². The standard InChI is InChI=1S/C21H15ClF2N2/c1-13-9-15(10-16(12-25)18-5-3-4-6-20(18)23)14(2)26(13)17-7-8-21(24)19(22)11-17/h3-11H,1-2H3/b16-10-. The molecule has 2 aromatic carbocycles. The molecule has 0 aliphatic rings. The van der Waals surface area contributed by atoms with Gasteiger partial charge in [0.2, 0.25) is 0 Å². The predicted molar refractivity (Wildman–Crippen MR) is 100 cm³/mol. The van der Waals surface area contributed by atoms with Crippen LogP contribution in [-0.2, 0) is 0 Å². The van der Waals surface area contributed by atoms with E-state index in [0.717, 1.165) is 22.6 Å². The summed E-state index contributed by atoms with van der Waals surface area (Å²) in [5.41, 5.74) is 3.72. The number of nitrogens with zero attached hydrogens (tertiary/aromatic N) is 2. The van der Waals surface area contributed by atoms with Crippen molar-refractivity contribution in [2.24, 2.45) is 0 Å². The molecule has 3 aromatic rings. The van der Waals surface area contributed by atoms with Crippen molar-refractivity contribution >= 4 is 23.3 Å². The number of rotatable bonds is 3. The van der Waals surface area contributed by atoms with Gasteiger partial charge < -0.3 is 4.57 Å². The Labute approximate surface area is 155 Å². The van der Waals surface area contributed by atoms with Gasteiger partial charge in [-0.25, -0.2) is 8.78 Å². The summed E-state index contributed by atoms with van der Waals surface area (Å²) in [5, 5.41) is 9.50. The Hall–Kier alpha value is -2.90. The highest BCUT2D eigenvalue weighted by Gasteiger charge is 2.13. The summed E-state index contributed by atoms with van der Waals surface area (Å²) in [6.07, 6.45) is 1.66. The Morgan fingerprint density at radius 3 is 2.46 bits per heavy atom. The van der Waals surface area contributed by atoms with E-state index in [1.165, 1.54) is 12.1 Å². The van der Waals surface area contributed by atoms with Gasteiger partial charge in [-0.1, -0.05) is 29.8 Å². The molecule has 2 nitrogen and oxygen atoms in total. The quantitative estimate of drug-likeness (QED) is 0.514. The van der Waals surface area contributed by atoms with E-state index in [2.05, 4.69) is 6.07 Å². The molecule has 0 bridgehead atoms. The van der Waals surface area contributed by atoms with Gasteiger partial charge >= 0.3 is 0 Å². The monoisotopic (exact) mass is 368 g/mol. The summed E-state index contributed by atoms with van der Waals surface area (Å²) in [4.78, 5) is 0. The van der Waals surface area contributed by atoms with Crippen molar-refractivity contribution < 1.29 is 8.78 Å². The number of nitriles is 1. The molecule has 0 saturated heterocycles. The van der Waals surface area contributed by atoms with E-state index in [4.69, 9.17) is 11.6 Å². The molecule has 1 aromatic heterocycles. The molecule has 1 heterocycles. The summed E-state index contributed by atoms with van der Waals surface area (Å²) in [7, 11) is 0. The maximum absolute atomic E-state index is 14.0. The normalized spacial score (nSPS) is 11.5. The molecule has 130 valence electrons. The number of hydrogen-bond acceptors (Lipinski definition) is 1. The van der Waals surface area contributed by atoms with Gasteiger partial charge in [-0.2, -0.15) is 5.26 Å². The third-order valence-corrected chi connectivity index (χ3v) is 4.51. The van der Waals surface area contributed by atoms with E-state index < -0.39 is 11.6 Å². The second-order valence-corrected chi connectivity index (χ2v) is 6.32. The van der Waals surface area contributed by atoms with Crippen molar-refractivity contribution in [1.82, 2.24) is 4.57 Å². The average molecular weight is 369 g/mol. The Morgan fingerprint density at radius 1 is 1.08 bits per heavy atom. The molecule has 0 aliphatic heterocycles. The average Bonchev–Trinajstić information content (AvgIpc) is 2.89. The van der Waals surface area contributed by atoms with Crippen molar-refractivity contribution in [3.63, 3.8) is 0 Å². The predicted octanol–water partition coefficient (Wildman–Crippen LogP) is 6.09. The molecule has 0 aliphatic carbocycles. The number of benzene rings is 2. The fourth-order valence-corrected chi connectivity index (χ4v) is 3.14. The van der Waals surface area contributed by atoms with Gasteiger partial charge in [-0.15, -0.1) is 0 Å². The topological polar surface area (TPSA) is 28.7 Å². The molecular formula is C21H15ClF2N2. The lowest BCUT2D eigenvalue weighted by atomic mass is 10.0. The molecule has 0 atom stereocenters. The zero-order valence-electron chi connectivity index (χ0n) is 14.2. The first kappa shape index (κ1) is 17.9. The van der Waals surface area contributed by atoms with Crippen molar-refractivity contribution in [2.75, 3.05) is 0 Å². The first-order valence-corrected chi connectivity index (χ1v) is 8.31. The van der Waals surface area contributed by atoms with Crippen LogP contribution in [0.5, 0.6) is 0 Å².